The molecule has 0 unspecified atom stereocenters. The molecule has 0 spiro atoms. The van der Waals surface area contributed by atoms with Crippen LogP contribution >= 0.6 is 0 Å². The minimum Gasteiger partial charge on any atom is -0.340 e. The zero-order valence-electron chi connectivity index (χ0n) is 18.7. The predicted molar refractivity (Wildman–Crippen MR) is 124 cm³/mol. The van der Waals surface area contributed by atoms with Crippen molar-refractivity contribution in [2.45, 2.75) is 32.1 Å². The number of primary sulfonamides is 1. The number of piperazine rings is 1. The van der Waals surface area contributed by atoms with E-state index in [-0.39, 0.29) is 23.3 Å². The number of rotatable bonds is 6. The van der Waals surface area contributed by atoms with E-state index < -0.39 is 10.0 Å². The number of aryl methyl sites for hydroxylation is 2. The Hall–Kier alpha value is -2.75. The Balaban J connectivity index is 1.53. The highest BCUT2D eigenvalue weighted by molar-refractivity contribution is 7.89. The van der Waals surface area contributed by atoms with Crippen LogP contribution in [0.3, 0.4) is 0 Å². The fraction of sp³-hybridized carbons (Fsp3) is 0.391. The Morgan fingerprint density at radius 3 is 2.22 bits per heavy atom. The molecule has 0 atom stereocenters. The third-order valence-corrected chi connectivity index (χ3v) is 6.70. The zero-order valence-corrected chi connectivity index (χ0v) is 19.5. The monoisotopic (exact) mass is 458 g/mol. The molecule has 1 heterocycles. The van der Waals surface area contributed by atoms with E-state index in [9.17, 15) is 18.0 Å². The van der Waals surface area contributed by atoms with Crippen molar-refractivity contribution in [3.05, 3.63) is 58.7 Å². The lowest BCUT2D eigenvalue weighted by molar-refractivity contribution is -0.132. The maximum atomic E-state index is 12.6. The minimum absolute atomic E-state index is 0.0309. The van der Waals surface area contributed by atoms with E-state index in [1.807, 2.05) is 47.9 Å². The molecule has 1 aliphatic heterocycles. The number of nitrogens with two attached hydrogens (primary N) is 1. The van der Waals surface area contributed by atoms with Crippen molar-refractivity contribution in [1.29, 1.82) is 0 Å². The number of amides is 2. The van der Waals surface area contributed by atoms with Gasteiger partial charge in [-0.15, -0.1) is 0 Å². The molecule has 172 valence electrons. The number of nitrogens with zero attached hydrogens (tertiary/aromatic N) is 2. The lowest BCUT2D eigenvalue weighted by Crippen LogP contribution is -2.50. The zero-order chi connectivity index (χ0) is 23.5. The Morgan fingerprint density at radius 2 is 1.62 bits per heavy atom. The summed E-state index contributed by atoms with van der Waals surface area (Å²) in [5, 5.41) is 8.04. The number of benzene rings is 2. The lowest BCUT2D eigenvalue weighted by atomic mass is 10.1. The summed E-state index contributed by atoms with van der Waals surface area (Å²) in [4.78, 5) is 28.9. The van der Waals surface area contributed by atoms with Gasteiger partial charge in [-0.3, -0.25) is 14.5 Å². The number of hydrogen-bond donors (Lipinski definition) is 2. The molecule has 1 saturated heterocycles. The summed E-state index contributed by atoms with van der Waals surface area (Å²) >= 11 is 0. The van der Waals surface area contributed by atoms with Crippen LogP contribution in [-0.2, 0) is 26.0 Å². The third kappa shape index (κ3) is 6.15. The molecule has 2 aromatic carbocycles. The molecular formula is C23H30N4O4S. The first kappa shape index (κ1) is 23.9. The lowest BCUT2D eigenvalue weighted by Gasteiger charge is -2.34. The van der Waals surface area contributed by atoms with E-state index >= 15 is 0 Å². The summed E-state index contributed by atoms with van der Waals surface area (Å²) in [6, 6.07) is 10.8. The number of nitrogens with one attached hydrogen (secondary N) is 1. The first-order chi connectivity index (χ1) is 15.0. The van der Waals surface area contributed by atoms with Gasteiger partial charge in [-0.1, -0.05) is 29.8 Å². The van der Waals surface area contributed by atoms with Gasteiger partial charge in [0.2, 0.25) is 21.8 Å². The maximum absolute atomic E-state index is 12.6. The van der Waals surface area contributed by atoms with Crippen LogP contribution < -0.4 is 10.5 Å². The van der Waals surface area contributed by atoms with E-state index in [0.717, 1.165) is 22.3 Å². The Morgan fingerprint density at radius 1 is 1.00 bits per heavy atom. The summed E-state index contributed by atoms with van der Waals surface area (Å²) in [7, 11) is -3.87. The predicted octanol–water partition coefficient (Wildman–Crippen LogP) is 1.58. The van der Waals surface area contributed by atoms with Gasteiger partial charge in [-0.05, 0) is 49.6 Å². The first-order valence-corrected chi connectivity index (χ1v) is 12.1. The third-order valence-electron chi connectivity index (χ3n) is 5.81. The van der Waals surface area contributed by atoms with E-state index in [1.54, 1.807) is 6.92 Å². The number of anilines is 1. The van der Waals surface area contributed by atoms with Crippen LogP contribution in [-0.4, -0.2) is 62.8 Å². The highest BCUT2D eigenvalue weighted by Gasteiger charge is 2.23. The molecule has 9 heteroatoms. The van der Waals surface area contributed by atoms with Crippen LogP contribution in [0.1, 0.15) is 22.3 Å². The smallest absolute Gasteiger partial charge is 0.238 e. The fourth-order valence-electron chi connectivity index (χ4n) is 3.66. The normalized spacial score (nSPS) is 14.9. The Bertz CT molecular complexity index is 1110. The van der Waals surface area contributed by atoms with Gasteiger partial charge in [0.15, 0.2) is 0 Å². The van der Waals surface area contributed by atoms with Crippen molar-refractivity contribution in [3.63, 3.8) is 0 Å². The molecule has 1 aliphatic rings. The van der Waals surface area contributed by atoms with Gasteiger partial charge in [-0.2, -0.15) is 0 Å². The van der Waals surface area contributed by atoms with Crippen LogP contribution in [0.4, 0.5) is 5.69 Å². The quantitative estimate of drug-likeness (QED) is 0.683. The molecule has 32 heavy (non-hydrogen) atoms. The Labute approximate surface area is 189 Å². The van der Waals surface area contributed by atoms with Gasteiger partial charge in [-0.25, -0.2) is 13.6 Å². The van der Waals surface area contributed by atoms with Crippen LogP contribution in [0.15, 0.2) is 41.3 Å². The van der Waals surface area contributed by atoms with Gasteiger partial charge in [0, 0.05) is 31.9 Å². The average molecular weight is 459 g/mol. The molecule has 8 nitrogen and oxygen atoms in total. The molecule has 0 aliphatic carbocycles. The van der Waals surface area contributed by atoms with Gasteiger partial charge < -0.3 is 10.2 Å². The molecular weight excluding hydrogens is 428 g/mol. The van der Waals surface area contributed by atoms with E-state index in [4.69, 9.17) is 5.14 Å². The van der Waals surface area contributed by atoms with E-state index in [0.29, 0.717) is 38.3 Å². The van der Waals surface area contributed by atoms with E-state index in [2.05, 4.69) is 5.32 Å². The van der Waals surface area contributed by atoms with E-state index in [1.165, 1.54) is 12.1 Å². The van der Waals surface area contributed by atoms with Crippen molar-refractivity contribution < 1.29 is 18.0 Å². The molecule has 0 radical (unpaired) electrons. The largest absolute Gasteiger partial charge is 0.340 e. The van der Waals surface area contributed by atoms with Crippen LogP contribution in [0.5, 0.6) is 0 Å². The summed E-state index contributed by atoms with van der Waals surface area (Å²) in [5.74, 6) is -0.151. The SMILES string of the molecule is Cc1ccc(CC(=O)N2CCN(CC(=O)Nc3cc(S(N)(=O)=O)cc(C)c3C)CC2)cc1. The fourth-order valence-corrected chi connectivity index (χ4v) is 4.28. The van der Waals surface area contributed by atoms with Crippen molar-refractivity contribution in [1.82, 2.24) is 9.80 Å². The molecule has 2 amide bonds. The number of sulfonamides is 1. The number of carbonyl (C=O) groups is 2. The maximum Gasteiger partial charge on any atom is 0.238 e. The van der Waals surface area contributed by atoms with Crippen LogP contribution in [0.25, 0.3) is 0 Å². The summed E-state index contributed by atoms with van der Waals surface area (Å²) in [5.41, 5.74) is 4.11. The second-order valence-electron chi connectivity index (χ2n) is 8.33. The van der Waals surface area contributed by atoms with Crippen molar-refractivity contribution in [3.8, 4) is 0 Å². The molecule has 0 bridgehead atoms. The highest BCUT2D eigenvalue weighted by atomic mass is 32.2. The summed E-state index contributed by atoms with van der Waals surface area (Å²) < 4.78 is 23.4. The molecule has 0 aromatic heterocycles. The number of hydrogen-bond acceptors (Lipinski definition) is 5. The molecule has 2 aromatic rings. The molecule has 1 fully saturated rings. The second kappa shape index (κ2) is 9.81. The van der Waals surface area contributed by atoms with Gasteiger partial charge in [0.1, 0.15) is 0 Å². The van der Waals surface area contributed by atoms with Crippen molar-refractivity contribution in [2.24, 2.45) is 5.14 Å². The summed E-state index contributed by atoms with van der Waals surface area (Å²) in [6.07, 6.45) is 0.375. The summed E-state index contributed by atoms with van der Waals surface area (Å²) in [6.45, 7) is 8.10. The topological polar surface area (TPSA) is 113 Å². The number of carbonyl (C=O) groups excluding carboxylic acids is 2. The van der Waals surface area contributed by atoms with Gasteiger partial charge >= 0.3 is 0 Å². The molecule has 3 N–H and O–H groups in total. The Kier molecular flexibility index (Phi) is 7.33. The first-order valence-electron chi connectivity index (χ1n) is 10.5. The molecule has 0 saturated carbocycles. The standard InChI is InChI=1S/C23H30N4O4S/c1-16-4-6-19(7-5-16)13-23(29)27-10-8-26(9-11-27)15-22(28)25-21-14-20(32(24,30)31)12-17(2)18(21)3/h4-7,12,14H,8-11,13,15H2,1-3H3,(H,25,28)(H2,24,30,31). The minimum atomic E-state index is -3.87. The van der Waals surface area contributed by atoms with Crippen molar-refractivity contribution >= 4 is 27.5 Å². The van der Waals surface area contributed by atoms with Gasteiger partial charge in [0.25, 0.3) is 0 Å². The highest BCUT2D eigenvalue weighted by Crippen LogP contribution is 2.23. The van der Waals surface area contributed by atoms with Gasteiger partial charge in [0.05, 0.1) is 17.9 Å². The van der Waals surface area contributed by atoms with Crippen LogP contribution in [0.2, 0.25) is 0 Å². The van der Waals surface area contributed by atoms with Crippen molar-refractivity contribution in [2.75, 3.05) is 38.0 Å². The average Bonchev–Trinajstić information content (AvgIpc) is 2.72. The second-order valence-corrected chi connectivity index (χ2v) is 9.89. The van der Waals surface area contributed by atoms with Crippen LogP contribution in [0, 0.1) is 20.8 Å². The molecule has 3 rings (SSSR count).